The molecule has 0 fully saturated rings. The summed E-state index contributed by atoms with van der Waals surface area (Å²) in [6.45, 7) is 0. The van der Waals surface area contributed by atoms with Crippen molar-refractivity contribution in [1.29, 1.82) is 0 Å². The van der Waals surface area contributed by atoms with Crippen LogP contribution in [0.5, 0.6) is 5.75 Å². The summed E-state index contributed by atoms with van der Waals surface area (Å²) in [4.78, 5) is 32.0. The molecule has 0 spiro atoms. The Morgan fingerprint density at radius 3 is 2.21 bits per heavy atom. The molecule has 2 aromatic carbocycles. The van der Waals surface area contributed by atoms with E-state index in [-0.39, 0.29) is 11.3 Å². The second-order valence-electron chi connectivity index (χ2n) is 4.53. The molecule has 0 heterocycles. The topological polar surface area (TPSA) is 125 Å². The monoisotopic (exact) mass is 351 g/mol. The third kappa shape index (κ3) is 3.58. The number of halogens is 1. The average Bonchev–Trinajstić information content (AvgIpc) is 2.54. The fourth-order valence-electron chi connectivity index (χ4n) is 1.97. The first-order chi connectivity index (χ1) is 11.3. The van der Waals surface area contributed by atoms with Gasteiger partial charge in [-0.25, -0.2) is 0 Å². The van der Waals surface area contributed by atoms with Gasteiger partial charge in [0.2, 0.25) is 0 Å². The highest BCUT2D eigenvalue weighted by Crippen LogP contribution is 2.36. The van der Waals surface area contributed by atoms with Gasteiger partial charge < -0.3 is 10.1 Å². The molecule has 0 bridgehead atoms. The van der Waals surface area contributed by atoms with Gasteiger partial charge in [-0.05, 0) is 35.9 Å². The number of ether oxygens (including phenoxy) is 1. The molecule has 0 atom stereocenters. The Kier molecular flexibility index (Phi) is 4.95. The van der Waals surface area contributed by atoms with E-state index in [1.54, 1.807) is 24.3 Å². The van der Waals surface area contributed by atoms with E-state index < -0.39 is 26.5 Å². The highest BCUT2D eigenvalue weighted by molar-refractivity contribution is 6.68. The summed E-state index contributed by atoms with van der Waals surface area (Å²) in [5, 5.41) is 23.8. The maximum absolute atomic E-state index is 11.6. The molecular weight excluding hydrogens is 342 g/mol. The Labute approximate surface area is 140 Å². The molecule has 2 aromatic rings. The Balaban J connectivity index is 2.58. The second kappa shape index (κ2) is 6.92. The van der Waals surface area contributed by atoms with Gasteiger partial charge in [0.05, 0.1) is 28.6 Å². The van der Waals surface area contributed by atoms with E-state index in [1.165, 1.54) is 7.11 Å². The van der Waals surface area contributed by atoms with Crippen LogP contribution in [0.3, 0.4) is 0 Å². The van der Waals surface area contributed by atoms with Gasteiger partial charge in [-0.2, -0.15) is 0 Å². The number of hydrogen-bond acceptors (Lipinski definition) is 7. The zero-order chi connectivity index (χ0) is 17.9. The number of non-ortho nitro benzene ring substituents is 1. The van der Waals surface area contributed by atoms with Crippen molar-refractivity contribution in [2.24, 2.45) is 0 Å². The van der Waals surface area contributed by atoms with Crippen LogP contribution < -0.4 is 10.1 Å². The number of anilines is 2. The molecule has 1 N–H and O–H groups in total. The molecule has 0 aliphatic heterocycles. The summed E-state index contributed by atoms with van der Waals surface area (Å²) in [7, 11) is 1.48. The van der Waals surface area contributed by atoms with Crippen LogP contribution in [0.1, 0.15) is 10.4 Å². The van der Waals surface area contributed by atoms with Crippen molar-refractivity contribution in [3.63, 3.8) is 0 Å². The summed E-state index contributed by atoms with van der Waals surface area (Å²) in [5.74, 6) is 0.562. The lowest BCUT2D eigenvalue weighted by Gasteiger charge is -2.11. The van der Waals surface area contributed by atoms with E-state index >= 15 is 0 Å². The van der Waals surface area contributed by atoms with Crippen molar-refractivity contribution in [3.8, 4) is 5.75 Å². The van der Waals surface area contributed by atoms with Crippen LogP contribution in [0.25, 0.3) is 0 Å². The van der Waals surface area contributed by atoms with Crippen molar-refractivity contribution in [1.82, 2.24) is 0 Å². The zero-order valence-electron chi connectivity index (χ0n) is 12.2. The number of carbonyl (C=O) groups is 1. The van der Waals surface area contributed by atoms with Crippen LogP contribution in [0.2, 0.25) is 0 Å². The molecule has 0 aliphatic rings. The number of nitro benzene ring substituents is 2. The lowest BCUT2D eigenvalue weighted by atomic mass is 10.1. The van der Waals surface area contributed by atoms with Gasteiger partial charge in [0, 0.05) is 11.8 Å². The normalized spacial score (nSPS) is 10.1. The van der Waals surface area contributed by atoms with Gasteiger partial charge in [-0.15, -0.1) is 0 Å². The SMILES string of the molecule is COc1ccc(Nc2c(C(=O)Cl)cc([N+](=O)[O-])cc2[N+](=O)[O-])cc1. The van der Waals surface area contributed by atoms with Gasteiger partial charge in [-0.3, -0.25) is 25.0 Å². The number of methoxy groups -OCH3 is 1. The molecule has 124 valence electrons. The molecule has 10 heteroatoms. The van der Waals surface area contributed by atoms with Crippen LogP contribution in [0.15, 0.2) is 36.4 Å². The van der Waals surface area contributed by atoms with Gasteiger partial charge >= 0.3 is 0 Å². The summed E-state index contributed by atoms with van der Waals surface area (Å²) in [6, 6.07) is 7.96. The number of hydrogen-bond donors (Lipinski definition) is 1. The largest absolute Gasteiger partial charge is 0.497 e. The van der Waals surface area contributed by atoms with Crippen LogP contribution in [-0.4, -0.2) is 22.2 Å². The van der Waals surface area contributed by atoms with Crippen LogP contribution in [0.4, 0.5) is 22.7 Å². The summed E-state index contributed by atoms with van der Waals surface area (Å²) < 4.78 is 5.00. The molecule has 24 heavy (non-hydrogen) atoms. The van der Waals surface area contributed by atoms with Crippen LogP contribution >= 0.6 is 11.6 Å². The minimum Gasteiger partial charge on any atom is -0.497 e. The third-order valence-electron chi connectivity index (χ3n) is 3.08. The van der Waals surface area contributed by atoms with E-state index in [0.717, 1.165) is 12.1 Å². The Morgan fingerprint density at radius 1 is 1.12 bits per heavy atom. The van der Waals surface area contributed by atoms with Crippen LogP contribution in [0, 0.1) is 20.2 Å². The number of carbonyl (C=O) groups excluding carboxylic acids is 1. The highest BCUT2D eigenvalue weighted by atomic mass is 35.5. The maximum atomic E-state index is 11.6. The van der Waals surface area contributed by atoms with Crippen molar-refractivity contribution in [2.45, 2.75) is 0 Å². The predicted molar refractivity (Wildman–Crippen MR) is 86.2 cm³/mol. The van der Waals surface area contributed by atoms with E-state index in [0.29, 0.717) is 11.4 Å². The van der Waals surface area contributed by atoms with Gasteiger partial charge in [0.15, 0.2) is 0 Å². The predicted octanol–water partition coefficient (Wildman–Crippen LogP) is 3.63. The molecule has 2 rings (SSSR count). The first-order valence-corrected chi connectivity index (χ1v) is 6.79. The minimum atomic E-state index is -1.06. The average molecular weight is 352 g/mol. The summed E-state index contributed by atoms with van der Waals surface area (Å²) in [5.41, 5.74) is -1.42. The smallest absolute Gasteiger partial charge is 0.300 e. The Morgan fingerprint density at radius 2 is 1.75 bits per heavy atom. The van der Waals surface area contributed by atoms with Gasteiger partial charge in [0.25, 0.3) is 16.6 Å². The minimum absolute atomic E-state index is 0.226. The zero-order valence-corrected chi connectivity index (χ0v) is 12.9. The first kappa shape index (κ1) is 17.2. The van der Waals surface area contributed by atoms with Gasteiger partial charge in [-0.1, -0.05) is 0 Å². The van der Waals surface area contributed by atoms with Gasteiger partial charge in [0.1, 0.15) is 11.4 Å². The molecule has 0 unspecified atom stereocenters. The highest BCUT2D eigenvalue weighted by Gasteiger charge is 2.27. The van der Waals surface area contributed by atoms with Crippen LogP contribution in [-0.2, 0) is 0 Å². The quantitative estimate of drug-likeness (QED) is 0.478. The second-order valence-corrected chi connectivity index (χ2v) is 4.87. The molecule has 0 aliphatic carbocycles. The lowest BCUT2D eigenvalue weighted by molar-refractivity contribution is -0.393. The fourth-order valence-corrected chi connectivity index (χ4v) is 2.12. The number of benzene rings is 2. The lowest BCUT2D eigenvalue weighted by Crippen LogP contribution is -2.05. The Hall–Kier alpha value is -3.20. The van der Waals surface area contributed by atoms with E-state index in [1.807, 2.05) is 0 Å². The number of rotatable bonds is 6. The third-order valence-corrected chi connectivity index (χ3v) is 3.28. The van der Waals surface area contributed by atoms with Crippen molar-refractivity contribution >= 4 is 39.6 Å². The standard InChI is InChI=1S/C14H10ClN3O6/c1-24-10-4-2-8(3-5-10)16-13-11(14(15)19)6-9(17(20)21)7-12(13)18(22)23/h2-7,16H,1H3. The molecule has 9 nitrogen and oxygen atoms in total. The Bertz CT molecular complexity index is 787. The molecular formula is C14H10ClN3O6. The van der Waals surface area contributed by atoms with E-state index in [9.17, 15) is 25.0 Å². The van der Waals surface area contributed by atoms with Crippen molar-refractivity contribution in [3.05, 3.63) is 62.2 Å². The molecule has 0 saturated carbocycles. The number of nitrogens with zero attached hydrogens (tertiary/aromatic N) is 2. The maximum Gasteiger partial charge on any atom is 0.300 e. The van der Waals surface area contributed by atoms with E-state index in [2.05, 4.69) is 5.32 Å². The summed E-state index contributed by atoms with van der Waals surface area (Å²) >= 11 is 5.43. The molecule has 0 amide bonds. The molecule has 0 saturated heterocycles. The van der Waals surface area contributed by atoms with Crippen molar-refractivity contribution < 1.29 is 19.4 Å². The van der Waals surface area contributed by atoms with Crippen molar-refractivity contribution in [2.75, 3.05) is 12.4 Å². The first-order valence-electron chi connectivity index (χ1n) is 6.41. The number of nitrogens with one attached hydrogen (secondary N) is 1. The number of nitro groups is 2. The summed E-state index contributed by atoms with van der Waals surface area (Å²) in [6.07, 6.45) is 0. The fraction of sp³-hybridized carbons (Fsp3) is 0.0714. The molecule has 0 aromatic heterocycles. The van der Waals surface area contributed by atoms with E-state index in [4.69, 9.17) is 16.3 Å². The molecule has 0 radical (unpaired) electrons.